The van der Waals surface area contributed by atoms with Crippen LogP contribution in [-0.4, -0.2) is 52.5 Å². The van der Waals surface area contributed by atoms with Crippen LogP contribution in [0.3, 0.4) is 0 Å². The number of carbonyl (C=O) groups excluding carboxylic acids is 2. The molecule has 1 aliphatic rings. The van der Waals surface area contributed by atoms with E-state index in [1.165, 1.54) is 16.7 Å². The number of rotatable bonds is 7. The number of hydrogen-bond donors (Lipinski definition) is 2. The predicted molar refractivity (Wildman–Crippen MR) is 63.5 cm³/mol. The number of carboxylic acids is 1. The molecule has 17 heavy (non-hydrogen) atoms. The molecule has 2 amide bonds. The second-order valence-corrected chi connectivity index (χ2v) is 4.73. The Hall–Kier alpha value is -1.24. The van der Waals surface area contributed by atoms with Gasteiger partial charge in [-0.1, -0.05) is 0 Å². The third kappa shape index (κ3) is 5.58. The van der Waals surface area contributed by atoms with E-state index in [0.717, 1.165) is 0 Å². The number of nitrogens with zero attached hydrogens (tertiary/aromatic N) is 1. The minimum absolute atomic E-state index is 0.00368. The summed E-state index contributed by atoms with van der Waals surface area (Å²) < 4.78 is 0. The lowest BCUT2D eigenvalue weighted by Crippen LogP contribution is -2.38. The molecule has 0 unspecified atom stereocenters. The summed E-state index contributed by atoms with van der Waals surface area (Å²) >= 11 is 1.50. The second kappa shape index (κ2) is 7.16. The molecule has 1 heterocycles. The SMILES string of the molecule is O=C(O)CCCCNC(=O)CN1CSCC1=O. The Bertz CT molecular complexity index is 309. The molecule has 0 radical (unpaired) electrons. The first-order chi connectivity index (χ1) is 8.09. The van der Waals surface area contributed by atoms with Crippen LogP contribution in [0, 0.1) is 0 Å². The van der Waals surface area contributed by atoms with E-state index in [0.29, 0.717) is 31.0 Å². The standard InChI is InChI=1S/C10H16N2O4S/c13-8(5-12-7-17-6-9(12)14)11-4-2-1-3-10(15)16/h1-7H2,(H,11,13)(H,15,16). The fourth-order valence-corrected chi connectivity index (χ4v) is 2.30. The van der Waals surface area contributed by atoms with Crippen molar-refractivity contribution in [2.75, 3.05) is 24.7 Å². The lowest BCUT2D eigenvalue weighted by molar-refractivity contribution is -0.137. The zero-order valence-corrected chi connectivity index (χ0v) is 10.3. The highest BCUT2D eigenvalue weighted by molar-refractivity contribution is 8.00. The molecule has 0 aromatic heterocycles. The number of thioether (sulfide) groups is 1. The Morgan fingerprint density at radius 2 is 2.18 bits per heavy atom. The number of amides is 2. The molecule has 1 aliphatic heterocycles. The van der Waals surface area contributed by atoms with Crippen LogP contribution in [0.5, 0.6) is 0 Å². The van der Waals surface area contributed by atoms with Crippen molar-refractivity contribution >= 4 is 29.5 Å². The highest BCUT2D eigenvalue weighted by Crippen LogP contribution is 2.13. The Morgan fingerprint density at radius 1 is 1.41 bits per heavy atom. The molecule has 0 aliphatic carbocycles. The fraction of sp³-hybridized carbons (Fsp3) is 0.700. The molecule has 0 atom stereocenters. The van der Waals surface area contributed by atoms with Crippen molar-refractivity contribution in [2.45, 2.75) is 19.3 Å². The van der Waals surface area contributed by atoms with Crippen LogP contribution in [0.25, 0.3) is 0 Å². The summed E-state index contributed by atoms with van der Waals surface area (Å²) in [5.41, 5.74) is 0. The topological polar surface area (TPSA) is 86.7 Å². The number of nitrogens with one attached hydrogen (secondary N) is 1. The molecule has 0 bridgehead atoms. The first kappa shape index (κ1) is 13.8. The number of carboxylic acid groups (broad SMARTS) is 1. The fourth-order valence-electron chi connectivity index (χ4n) is 1.40. The van der Waals surface area contributed by atoms with Crippen molar-refractivity contribution in [3.05, 3.63) is 0 Å². The number of unbranched alkanes of at least 4 members (excludes halogenated alkanes) is 1. The Morgan fingerprint density at radius 3 is 2.76 bits per heavy atom. The van der Waals surface area contributed by atoms with Crippen LogP contribution in [0.2, 0.25) is 0 Å². The van der Waals surface area contributed by atoms with Crippen molar-refractivity contribution in [3.8, 4) is 0 Å². The van der Waals surface area contributed by atoms with Crippen molar-refractivity contribution < 1.29 is 19.5 Å². The molecule has 6 nitrogen and oxygen atoms in total. The van der Waals surface area contributed by atoms with E-state index in [-0.39, 0.29) is 24.8 Å². The molecular weight excluding hydrogens is 244 g/mol. The van der Waals surface area contributed by atoms with Gasteiger partial charge in [-0.15, -0.1) is 11.8 Å². The summed E-state index contributed by atoms with van der Waals surface area (Å²) in [4.78, 5) is 34.4. The van der Waals surface area contributed by atoms with Crippen LogP contribution >= 0.6 is 11.8 Å². The third-order valence-electron chi connectivity index (χ3n) is 2.30. The summed E-state index contributed by atoms with van der Waals surface area (Å²) in [6, 6.07) is 0. The van der Waals surface area contributed by atoms with Gasteiger partial charge in [0.05, 0.1) is 11.6 Å². The molecule has 0 spiro atoms. The van der Waals surface area contributed by atoms with E-state index in [4.69, 9.17) is 5.11 Å². The number of aliphatic carboxylic acids is 1. The molecule has 0 saturated carbocycles. The minimum Gasteiger partial charge on any atom is -0.481 e. The van der Waals surface area contributed by atoms with E-state index < -0.39 is 5.97 Å². The van der Waals surface area contributed by atoms with Gasteiger partial charge >= 0.3 is 5.97 Å². The highest BCUT2D eigenvalue weighted by Gasteiger charge is 2.22. The highest BCUT2D eigenvalue weighted by atomic mass is 32.2. The second-order valence-electron chi connectivity index (χ2n) is 3.77. The Balaban J connectivity index is 2.05. The van der Waals surface area contributed by atoms with Gasteiger partial charge in [-0.2, -0.15) is 0 Å². The quantitative estimate of drug-likeness (QED) is 0.624. The lowest BCUT2D eigenvalue weighted by atomic mass is 10.2. The van der Waals surface area contributed by atoms with E-state index in [1.54, 1.807) is 0 Å². The molecule has 1 rings (SSSR count). The molecule has 7 heteroatoms. The van der Waals surface area contributed by atoms with Crippen LogP contribution in [0.15, 0.2) is 0 Å². The molecular formula is C10H16N2O4S. The predicted octanol–water partition coefficient (Wildman–Crippen LogP) is -0.110. The van der Waals surface area contributed by atoms with Gasteiger partial charge in [0.15, 0.2) is 0 Å². The first-order valence-corrected chi connectivity index (χ1v) is 6.59. The summed E-state index contributed by atoms with van der Waals surface area (Å²) in [5.74, 6) is 0.0140. The van der Waals surface area contributed by atoms with Crippen LogP contribution in [0.4, 0.5) is 0 Å². The van der Waals surface area contributed by atoms with Crippen molar-refractivity contribution in [2.24, 2.45) is 0 Å². The average Bonchev–Trinajstić information content (AvgIpc) is 2.63. The van der Waals surface area contributed by atoms with Gasteiger partial charge in [0.1, 0.15) is 6.54 Å². The van der Waals surface area contributed by atoms with Gasteiger partial charge in [0.2, 0.25) is 11.8 Å². The van der Waals surface area contributed by atoms with Gasteiger partial charge in [-0.3, -0.25) is 14.4 Å². The smallest absolute Gasteiger partial charge is 0.303 e. The van der Waals surface area contributed by atoms with Crippen molar-refractivity contribution in [3.63, 3.8) is 0 Å². The average molecular weight is 260 g/mol. The zero-order chi connectivity index (χ0) is 12.7. The minimum atomic E-state index is -0.823. The zero-order valence-electron chi connectivity index (χ0n) is 9.48. The molecule has 96 valence electrons. The van der Waals surface area contributed by atoms with E-state index >= 15 is 0 Å². The van der Waals surface area contributed by atoms with Gasteiger partial charge in [-0.05, 0) is 12.8 Å². The van der Waals surface area contributed by atoms with Crippen LogP contribution in [0.1, 0.15) is 19.3 Å². The third-order valence-corrected chi connectivity index (χ3v) is 3.24. The Kier molecular flexibility index (Phi) is 5.82. The van der Waals surface area contributed by atoms with Crippen LogP contribution < -0.4 is 5.32 Å². The normalized spacial score (nSPS) is 15.1. The number of carbonyl (C=O) groups is 3. The molecule has 2 N–H and O–H groups in total. The van der Waals surface area contributed by atoms with Gasteiger partial charge in [0.25, 0.3) is 0 Å². The summed E-state index contributed by atoms with van der Waals surface area (Å²) in [5, 5.41) is 11.1. The maximum atomic E-state index is 11.4. The largest absolute Gasteiger partial charge is 0.481 e. The Labute approximate surface area is 104 Å². The summed E-state index contributed by atoms with van der Waals surface area (Å²) in [7, 11) is 0. The van der Waals surface area contributed by atoms with Gasteiger partial charge < -0.3 is 15.3 Å². The van der Waals surface area contributed by atoms with E-state index in [9.17, 15) is 14.4 Å². The van der Waals surface area contributed by atoms with E-state index in [2.05, 4.69) is 5.32 Å². The molecule has 1 fully saturated rings. The maximum Gasteiger partial charge on any atom is 0.303 e. The van der Waals surface area contributed by atoms with Crippen molar-refractivity contribution in [1.29, 1.82) is 0 Å². The number of hydrogen-bond acceptors (Lipinski definition) is 4. The van der Waals surface area contributed by atoms with Crippen LogP contribution in [-0.2, 0) is 14.4 Å². The summed E-state index contributed by atoms with van der Waals surface area (Å²) in [6.07, 6.45) is 1.31. The first-order valence-electron chi connectivity index (χ1n) is 5.43. The summed E-state index contributed by atoms with van der Waals surface area (Å²) in [6.45, 7) is 0.562. The van der Waals surface area contributed by atoms with E-state index in [1.807, 2.05) is 0 Å². The monoisotopic (exact) mass is 260 g/mol. The maximum absolute atomic E-state index is 11.4. The molecule has 0 aromatic carbocycles. The van der Waals surface area contributed by atoms with Gasteiger partial charge in [0, 0.05) is 13.0 Å². The van der Waals surface area contributed by atoms with Crippen molar-refractivity contribution in [1.82, 2.24) is 10.2 Å². The molecule has 0 aromatic rings. The van der Waals surface area contributed by atoms with Gasteiger partial charge in [-0.25, -0.2) is 0 Å². The molecule has 1 saturated heterocycles. The lowest BCUT2D eigenvalue weighted by Gasteiger charge is -2.13.